The monoisotopic (exact) mass is 497 g/mol. The molecule has 0 bridgehead atoms. The first-order valence-corrected chi connectivity index (χ1v) is 12.4. The zero-order valence-electron chi connectivity index (χ0n) is 19.7. The highest BCUT2D eigenvalue weighted by atomic mass is 32.1. The molecule has 4 heterocycles. The number of hydrogen-bond acceptors (Lipinski definition) is 8. The van der Waals surface area contributed by atoms with Crippen molar-refractivity contribution in [3.63, 3.8) is 0 Å². The fourth-order valence-electron chi connectivity index (χ4n) is 4.53. The number of carbonyl (C=O) groups excluding carboxylic acids is 1. The maximum Gasteiger partial charge on any atom is 0.258 e. The molecular formula is C26H23N7O2S. The second-order valence-corrected chi connectivity index (χ2v) is 9.69. The van der Waals surface area contributed by atoms with E-state index in [1.807, 2.05) is 65.6 Å². The Balaban J connectivity index is 1.28. The molecule has 36 heavy (non-hydrogen) atoms. The van der Waals surface area contributed by atoms with Crippen LogP contribution in [0.2, 0.25) is 0 Å². The van der Waals surface area contributed by atoms with Gasteiger partial charge in [-0.2, -0.15) is 5.10 Å². The van der Waals surface area contributed by atoms with E-state index < -0.39 is 5.60 Å². The first kappa shape index (κ1) is 22.3. The molecule has 1 fully saturated rings. The van der Waals surface area contributed by atoms with E-state index >= 15 is 0 Å². The van der Waals surface area contributed by atoms with Gasteiger partial charge >= 0.3 is 0 Å². The van der Waals surface area contributed by atoms with Crippen LogP contribution in [0.15, 0.2) is 66.2 Å². The van der Waals surface area contributed by atoms with Crippen LogP contribution in [0.25, 0.3) is 32.9 Å². The van der Waals surface area contributed by atoms with E-state index in [1.54, 1.807) is 24.2 Å². The molecule has 9 nitrogen and oxygen atoms in total. The van der Waals surface area contributed by atoms with Gasteiger partial charge in [-0.05, 0) is 29.8 Å². The van der Waals surface area contributed by atoms with Gasteiger partial charge in [-0.15, -0.1) is 11.3 Å². The van der Waals surface area contributed by atoms with Crippen molar-refractivity contribution >= 4 is 39.9 Å². The summed E-state index contributed by atoms with van der Waals surface area (Å²) in [5.74, 6) is 0.839. The summed E-state index contributed by atoms with van der Waals surface area (Å²) in [7, 11) is 3.61. The average Bonchev–Trinajstić information content (AvgIpc) is 3.59. The summed E-state index contributed by atoms with van der Waals surface area (Å²) < 4.78 is 1.82. The van der Waals surface area contributed by atoms with E-state index in [-0.39, 0.29) is 5.91 Å². The van der Waals surface area contributed by atoms with Gasteiger partial charge in [-0.25, -0.2) is 15.0 Å². The molecule has 1 saturated heterocycles. The van der Waals surface area contributed by atoms with Gasteiger partial charge in [0.25, 0.3) is 5.91 Å². The number of likely N-dealkylation sites (tertiary alicyclic amines) is 1. The van der Waals surface area contributed by atoms with Crippen molar-refractivity contribution in [3.8, 4) is 22.0 Å². The van der Waals surface area contributed by atoms with Gasteiger partial charge in [0, 0.05) is 49.6 Å². The largest absolute Gasteiger partial charge is 0.375 e. The van der Waals surface area contributed by atoms with Gasteiger partial charge in [0.05, 0.1) is 11.2 Å². The molecule has 180 valence electrons. The second-order valence-electron chi connectivity index (χ2n) is 8.84. The second kappa shape index (κ2) is 8.51. The van der Waals surface area contributed by atoms with Crippen molar-refractivity contribution in [2.75, 3.05) is 18.9 Å². The number of likely N-dealkylation sites (N-methyl/N-ethyl adjacent to an activating group) is 1. The number of para-hydroxylation sites is 1. The molecule has 1 atom stereocenters. The van der Waals surface area contributed by atoms with Crippen LogP contribution < -0.4 is 5.32 Å². The average molecular weight is 498 g/mol. The van der Waals surface area contributed by atoms with Crippen LogP contribution in [0.5, 0.6) is 0 Å². The molecule has 2 N–H and O–H groups in total. The first-order valence-electron chi connectivity index (χ1n) is 11.5. The number of aliphatic hydroxyl groups is 1. The molecule has 0 unspecified atom stereocenters. The summed E-state index contributed by atoms with van der Waals surface area (Å²) in [5, 5.41) is 22.5. The van der Waals surface area contributed by atoms with Crippen molar-refractivity contribution in [1.29, 1.82) is 0 Å². The molecule has 5 aromatic rings. The lowest BCUT2D eigenvalue weighted by atomic mass is 9.91. The molecule has 0 saturated carbocycles. The fourth-order valence-corrected chi connectivity index (χ4v) is 5.34. The number of hydrogen-bond donors (Lipinski definition) is 2. The summed E-state index contributed by atoms with van der Waals surface area (Å²) in [5.41, 5.74) is 2.34. The summed E-state index contributed by atoms with van der Waals surface area (Å²) in [6.45, 7) is 0.527. The Bertz CT molecular complexity index is 1610. The number of amides is 1. The number of nitrogens with zero attached hydrogens (tertiary/aromatic N) is 6. The first-order chi connectivity index (χ1) is 17.4. The van der Waals surface area contributed by atoms with Crippen molar-refractivity contribution < 1.29 is 9.90 Å². The maximum atomic E-state index is 12.5. The Hall–Kier alpha value is -4.15. The molecule has 0 radical (unpaired) electrons. The Morgan fingerprint density at radius 3 is 2.75 bits per heavy atom. The third-order valence-corrected chi connectivity index (χ3v) is 7.40. The van der Waals surface area contributed by atoms with E-state index in [4.69, 9.17) is 4.98 Å². The molecule has 6 rings (SSSR count). The fraction of sp³-hybridized carbons (Fsp3) is 0.192. The number of benzene rings is 2. The Morgan fingerprint density at radius 1 is 1.06 bits per heavy atom. The summed E-state index contributed by atoms with van der Waals surface area (Å²) in [4.78, 5) is 27.9. The van der Waals surface area contributed by atoms with Crippen molar-refractivity contribution in [1.82, 2.24) is 29.6 Å². The number of carbonyl (C=O) groups is 1. The smallest absolute Gasteiger partial charge is 0.258 e. The Morgan fingerprint density at radius 2 is 1.92 bits per heavy atom. The van der Waals surface area contributed by atoms with Gasteiger partial charge in [0.15, 0.2) is 11.4 Å². The van der Waals surface area contributed by atoms with Crippen molar-refractivity contribution in [3.05, 3.63) is 71.7 Å². The normalized spacial score (nSPS) is 17.8. The highest BCUT2D eigenvalue weighted by molar-refractivity contribution is 7.13. The molecule has 10 heteroatoms. The van der Waals surface area contributed by atoms with E-state index in [9.17, 15) is 9.90 Å². The molecule has 1 aliphatic heterocycles. The quantitative estimate of drug-likeness (QED) is 0.378. The minimum atomic E-state index is -1.49. The topological polar surface area (TPSA) is 109 Å². The predicted molar refractivity (Wildman–Crippen MR) is 139 cm³/mol. The highest BCUT2D eigenvalue weighted by Gasteiger charge is 2.45. The van der Waals surface area contributed by atoms with Crippen molar-refractivity contribution in [2.24, 2.45) is 7.05 Å². The van der Waals surface area contributed by atoms with Crippen LogP contribution in [-0.4, -0.2) is 54.2 Å². The minimum absolute atomic E-state index is 0.277. The third kappa shape index (κ3) is 3.71. The SMILES string of the molecule is CN1CC[C@@](O)(c2cccc(-c3nc(-c4ccnc(Nc5nn(C)c6ccccc56)n4)cs3)c2)C1=O. The lowest BCUT2D eigenvalue weighted by molar-refractivity contribution is -0.143. The zero-order valence-corrected chi connectivity index (χ0v) is 20.5. The van der Waals surface area contributed by atoms with Crippen molar-refractivity contribution in [2.45, 2.75) is 12.0 Å². The van der Waals surface area contributed by atoms with Crippen LogP contribution in [0, 0.1) is 0 Å². The maximum absolute atomic E-state index is 12.5. The van der Waals surface area contributed by atoms with Gasteiger partial charge < -0.3 is 15.3 Å². The molecule has 2 aromatic carbocycles. The molecule has 3 aromatic heterocycles. The Kier molecular flexibility index (Phi) is 5.27. The number of nitrogens with one attached hydrogen (secondary N) is 1. The van der Waals surface area contributed by atoms with E-state index in [0.717, 1.165) is 21.5 Å². The predicted octanol–water partition coefficient (Wildman–Crippen LogP) is 3.95. The molecule has 0 aliphatic carbocycles. The van der Waals surface area contributed by atoms with E-state index in [0.29, 0.717) is 41.7 Å². The van der Waals surface area contributed by atoms with Crippen LogP contribution in [0.3, 0.4) is 0 Å². The standard InChI is InChI=1S/C26H23N7O2S/c1-32-13-11-26(35,24(32)34)17-7-5-6-16(14-17)23-28-20(15-36-23)19-10-12-27-25(29-19)30-22-18-8-3-4-9-21(18)33(2)31-22/h3-10,12,14-15,35H,11,13H2,1-2H3,(H,27,29,30,31)/t26-/m1/s1. The van der Waals surface area contributed by atoms with Gasteiger partial charge in [-0.1, -0.05) is 30.3 Å². The number of aryl methyl sites for hydroxylation is 1. The Labute approximate surface area is 211 Å². The van der Waals surface area contributed by atoms with Gasteiger partial charge in [0.2, 0.25) is 5.95 Å². The number of anilines is 2. The molecule has 0 spiro atoms. The van der Waals surface area contributed by atoms with Gasteiger partial charge in [-0.3, -0.25) is 9.48 Å². The molecular weight excluding hydrogens is 474 g/mol. The number of fused-ring (bicyclic) bond motifs is 1. The van der Waals surface area contributed by atoms with E-state index in [1.165, 1.54) is 11.3 Å². The molecule has 1 amide bonds. The summed E-state index contributed by atoms with van der Waals surface area (Å²) >= 11 is 1.48. The lowest BCUT2D eigenvalue weighted by Crippen LogP contribution is -2.36. The zero-order chi connectivity index (χ0) is 24.9. The minimum Gasteiger partial charge on any atom is -0.375 e. The van der Waals surface area contributed by atoms with Crippen LogP contribution >= 0.6 is 11.3 Å². The van der Waals surface area contributed by atoms with E-state index in [2.05, 4.69) is 20.4 Å². The lowest BCUT2D eigenvalue weighted by Gasteiger charge is -2.21. The summed E-state index contributed by atoms with van der Waals surface area (Å²) in [6, 6.07) is 17.2. The van der Waals surface area contributed by atoms with Crippen LogP contribution in [0.1, 0.15) is 12.0 Å². The number of aromatic nitrogens is 5. The van der Waals surface area contributed by atoms with Crippen LogP contribution in [0.4, 0.5) is 11.8 Å². The number of rotatable bonds is 5. The molecule has 1 aliphatic rings. The van der Waals surface area contributed by atoms with Gasteiger partial charge in [0.1, 0.15) is 10.7 Å². The number of thiazole rings is 1. The third-order valence-electron chi connectivity index (χ3n) is 6.51. The highest BCUT2D eigenvalue weighted by Crippen LogP contribution is 2.36. The van der Waals surface area contributed by atoms with Crippen LogP contribution in [-0.2, 0) is 17.4 Å². The summed E-state index contributed by atoms with van der Waals surface area (Å²) in [6.07, 6.45) is 2.06.